The number of hydrogen-bond acceptors (Lipinski definition) is 4. The number of hydrogen-bond donors (Lipinski definition) is 1. The smallest absolute Gasteiger partial charge is 0.325 e. The SMILES string of the molecule is CC(C)(C)OC[C@@H](N)C(=O)OCc1ccccc1.Cl. The first-order valence-electron chi connectivity index (χ1n) is 5.98. The molecule has 0 amide bonds. The standard InChI is InChI=1S/C14H21NO3.ClH/c1-14(2,3)18-10-12(15)13(16)17-9-11-7-5-4-6-8-11;/h4-8,12H,9-10,15H2,1-3H3;1H/t12-;/m1./s1. The number of ether oxygens (including phenoxy) is 2. The summed E-state index contributed by atoms with van der Waals surface area (Å²) in [6.45, 7) is 6.14. The summed E-state index contributed by atoms with van der Waals surface area (Å²) in [7, 11) is 0. The summed E-state index contributed by atoms with van der Waals surface area (Å²) in [4.78, 5) is 11.6. The molecule has 0 aliphatic carbocycles. The molecule has 4 nitrogen and oxygen atoms in total. The Morgan fingerprint density at radius 1 is 1.26 bits per heavy atom. The van der Waals surface area contributed by atoms with Gasteiger partial charge in [0.25, 0.3) is 0 Å². The fourth-order valence-electron chi connectivity index (χ4n) is 1.24. The van der Waals surface area contributed by atoms with Gasteiger partial charge in [0.1, 0.15) is 12.6 Å². The average molecular weight is 288 g/mol. The Kier molecular flexibility index (Phi) is 7.68. The maximum Gasteiger partial charge on any atom is 0.325 e. The minimum absolute atomic E-state index is 0. The highest BCUT2D eigenvalue weighted by atomic mass is 35.5. The molecule has 0 aliphatic rings. The molecular weight excluding hydrogens is 266 g/mol. The van der Waals surface area contributed by atoms with Gasteiger partial charge in [0.2, 0.25) is 0 Å². The van der Waals surface area contributed by atoms with Gasteiger partial charge < -0.3 is 15.2 Å². The highest BCUT2D eigenvalue weighted by Crippen LogP contribution is 2.07. The van der Waals surface area contributed by atoms with Crippen LogP contribution in [0.2, 0.25) is 0 Å². The second kappa shape index (κ2) is 8.15. The van der Waals surface area contributed by atoms with Crippen LogP contribution in [0.5, 0.6) is 0 Å². The van der Waals surface area contributed by atoms with Crippen LogP contribution >= 0.6 is 12.4 Å². The van der Waals surface area contributed by atoms with Crippen molar-refractivity contribution in [2.24, 2.45) is 5.73 Å². The van der Waals surface area contributed by atoms with Gasteiger partial charge in [-0.2, -0.15) is 0 Å². The molecule has 2 N–H and O–H groups in total. The highest BCUT2D eigenvalue weighted by Gasteiger charge is 2.19. The zero-order valence-electron chi connectivity index (χ0n) is 11.6. The lowest BCUT2D eigenvalue weighted by atomic mass is 10.2. The van der Waals surface area contributed by atoms with E-state index in [1.807, 2.05) is 51.1 Å². The third-order valence-corrected chi connectivity index (χ3v) is 2.22. The van der Waals surface area contributed by atoms with Crippen LogP contribution in [0.1, 0.15) is 26.3 Å². The molecule has 0 heterocycles. The van der Waals surface area contributed by atoms with Gasteiger partial charge in [-0.1, -0.05) is 30.3 Å². The van der Waals surface area contributed by atoms with Crippen molar-refractivity contribution in [3.8, 4) is 0 Å². The van der Waals surface area contributed by atoms with Gasteiger partial charge in [-0.25, -0.2) is 0 Å². The summed E-state index contributed by atoms with van der Waals surface area (Å²) in [5.41, 5.74) is 6.32. The Labute approximate surface area is 120 Å². The van der Waals surface area contributed by atoms with Crippen molar-refractivity contribution in [1.29, 1.82) is 0 Å². The van der Waals surface area contributed by atoms with Crippen molar-refractivity contribution >= 4 is 18.4 Å². The predicted molar refractivity (Wildman–Crippen MR) is 77.2 cm³/mol. The molecule has 5 heteroatoms. The van der Waals surface area contributed by atoms with Crippen molar-refractivity contribution in [3.63, 3.8) is 0 Å². The van der Waals surface area contributed by atoms with E-state index in [0.717, 1.165) is 5.56 Å². The lowest BCUT2D eigenvalue weighted by Gasteiger charge is -2.21. The zero-order chi connectivity index (χ0) is 13.6. The lowest BCUT2D eigenvalue weighted by molar-refractivity contribution is -0.149. The van der Waals surface area contributed by atoms with Crippen LogP contribution in [-0.2, 0) is 20.9 Å². The topological polar surface area (TPSA) is 61.5 Å². The van der Waals surface area contributed by atoms with Gasteiger partial charge >= 0.3 is 5.97 Å². The van der Waals surface area contributed by atoms with Gasteiger partial charge in [-0.05, 0) is 26.3 Å². The molecule has 1 atom stereocenters. The Hall–Kier alpha value is -1.10. The van der Waals surface area contributed by atoms with Crippen LogP contribution in [0.3, 0.4) is 0 Å². The van der Waals surface area contributed by atoms with Gasteiger partial charge in [0.15, 0.2) is 0 Å². The molecule has 0 aliphatic heterocycles. The minimum atomic E-state index is -0.743. The van der Waals surface area contributed by atoms with E-state index in [-0.39, 0.29) is 31.2 Å². The van der Waals surface area contributed by atoms with Crippen molar-refractivity contribution < 1.29 is 14.3 Å². The van der Waals surface area contributed by atoms with Crippen molar-refractivity contribution in [1.82, 2.24) is 0 Å². The van der Waals surface area contributed by atoms with Crippen molar-refractivity contribution in [3.05, 3.63) is 35.9 Å². The second-order valence-corrected chi connectivity index (χ2v) is 5.12. The Bertz CT molecular complexity index is 376. The molecule has 0 radical (unpaired) electrons. The van der Waals surface area contributed by atoms with Gasteiger partial charge in [0.05, 0.1) is 12.2 Å². The van der Waals surface area contributed by atoms with Crippen LogP contribution in [0, 0.1) is 0 Å². The second-order valence-electron chi connectivity index (χ2n) is 5.12. The van der Waals surface area contributed by atoms with E-state index in [1.165, 1.54) is 0 Å². The molecule has 0 unspecified atom stereocenters. The molecule has 0 spiro atoms. The molecule has 0 saturated carbocycles. The molecule has 0 bridgehead atoms. The van der Waals surface area contributed by atoms with Gasteiger partial charge in [-0.3, -0.25) is 4.79 Å². The van der Waals surface area contributed by atoms with Crippen LogP contribution < -0.4 is 5.73 Å². The molecule has 0 fully saturated rings. The highest BCUT2D eigenvalue weighted by molar-refractivity contribution is 5.85. The summed E-state index contributed by atoms with van der Waals surface area (Å²) in [6, 6.07) is 8.74. The molecule has 1 rings (SSSR count). The van der Waals surface area contributed by atoms with Crippen LogP contribution in [0.25, 0.3) is 0 Å². The van der Waals surface area contributed by atoms with Gasteiger partial charge in [-0.15, -0.1) is 12.4 Å². The fraction of sp³-hybridized carbons (Fsp3) is 0.500. The fourth-order valence-corrected chi connectivity index (χ4v) is 1.24. The number of carbonyl (C=O) groups excluding carboxylic acids is 1. The zero-order valence-corrected chi connectivity index (χ0v) is 12.4. The quantitative estimate of drug-likeness (QED) is 0.844. The summed E-state index contributed by atoms with van der Waals surface area (Å²) in [5, 5.41) is 0. The summed E-state index contributed by atoms with van der Waals surface area (Å²) in [6.07, 6.45) is 0. The number of halogens is 1. The normalized spacial score (nSPS) is 12.4. The summed E-state index contributed by atoms with van der Waals surface area (Å²) >= 11 is 0. The van der Waals surface area contributed by atoms with E-state index >= 15 is 0 Å². The van der Waals surface area contributed by atoms with Gasteiger partial charge in [0, 0.05) is 0 Å². The van der Waals surface area contributed by atoms with E-state index in [1.54, 1.807) is 0 Å². The number of nitrogens with two attached hydrogens (primary N) is 1. The first-order valence-corrected chi connectivity index (χ1v) is 5.98. The Morgan fingerprint density at radius 2 is 1.84 bits per heavy atom. The molecule has 0 aromatic heterocycles. The Morgan fingerprint density at radius 3 is 2.37 bits per heavy atom. The Balaban J connectivity index is 0.00000324. The third-order valence-electron chi connectivity index (χ3n) is 2.22. The third kappa shape index (κ3) is 7.82. The maximum absolute atomic E-state index is 11.6. The summed E-state index contributed by atoms with van der Waals surface area (Å²) < 4.78 is 10.5. The number of carbonyl (C=O) groups is 1. The summed E-state index contributed by atoms with van der Waals surface area (Å²) in [5.74, 6) is -0.442. The van der Waals surface area contributed by atoms with E-state index in [9.17, 15) is 4.79 Å². The van der Waals surface area contributed by atoms with Crippen LogP contribution in [-0.4, -0.2) is 24.2 Å². The average Bonchev–Trinajstić information content (AvgIpc) is 2.33. The first kappa shape index (κ1) is 17.9. The number of benzene rings is 1. The van der Waals surface area contributed by atoms with Crippen molar-refractivity contribution in [2.75, 3.05) is 6.61 Å². The first-order chi connectivity index (χ1) is 8.38. The van der Waals surface area contributed by atoms with E-state index < -0.39 is 12.0 Å². The largest absolute Gasteiger partial charge is 0.460 e. The van der Waals surface area contributed by atoms with E-state index in [2.05, 4.69) is 0 Å². The van der Waals surface area contributed by atoms with E-state index in [4.69, 9.17) is 15.2 Å². The molecule has 0 saturated heterocycles. The van der Waals surface area contributed by atoms with E-state index in [0.29, 0.717) is 0 Å². The predicted octanol–water partition coefficient (Wildman–Crippen LogP) is 2.29. The van der Waals surface area contributed by atoms with Crippen LogP contribution in [0.15, 0.2) is 30.3 Å². The van der Waals surface area contributed by atoms with Crippen molar-refractivity contribution in [2.45, 2.75) is 39.0 Å². The molecule has 1 aromatic carbocycles. The molecule has 1 aromatic rings. The maximum atomic E-state index is 11.6. The minimum Gasteiger partial charge on any atom is -0.460 e. The monoisotopic (exact) mass is 287 g/mol. The number of rotatable bonds is 5. The van der Waals surface area contributed by atoms with Crippen LogP contribution in [0.4, 0.5) is 0 Å². The molecule has 108 valence electrons. The molecular formula is C14H22ClNO3. The lowest BCUT2D eigenvalue weighted by Crippen LogP contribution is -2.39. The number of esters is 1. The molecule has 19 heavy (non-hydrogen) atoms.